The zero-order valence-electron chi connectivity index (χ0n) is 22.7. The highest BCUT2D eigenvalue weighted by molar-refractivity contribution is 7.71. The van der Waals surface area contributed by atoms with Gasteiger partial charge < -0.3 is 14.9 Å². The molecule has 0 unspecified atom stereocenters. The molecule has 0 bridgehead atoms. The molecule has 1 fully saturated rings. The standard InChI is InChI=1S/C30H35N6OP/c1-20-15-33-29(34-22-14-30(2,3)19-36(18-22)17-21-10-8-7-9-11-21)35-26(20)24-16-32-27-23(24)12-13-25(31-4)28(27)38(5,6)37/h7-13,15-16,22,32H,14,17-19H2,1-3,5-6H3,(H,33,34,35)/t22-/m0/s1. The number of nitrogens with one attached hydrogen (secondary N) is 2. The van der Waals surface area contributed by atoms with E-state index in [0.29, 0.717) is 16.9 Å². The molecule has 2 N–H and O–H groups in total. The molecule has 38 heavy (non-hydrogen) atoms. The Hall–Kier alpha value is -3.46. The Labute approximate surface area is 224 Å². The average molecular weight is 527 g/mol. The van der Waals surface area contributed by atoms with Crippen LogP contribution in [-0.2, 0) is 11.1 Å². The third kappa shape index (κ3) is 5.38. The predicted molar refractivity (Wildman–Crippen MR) is 157 cm³/mol. The van der Waals surface area contributed by atoms with E-state index in [-0.39, 0.29) is 11.5 Å². The van der Waals surface area contributed by atoms with Crippen LogP contribution in [0.5, 0.6) is 0 Å². The number of aromatic nitrogens is 3. The van der Waals surface area contributed by atoms with E-state index in [1.165, 1.54) is 5.56 Å². The lowest BCUT2D eigenvalue weighted by molar-refractivity contribution is 0.101. The maximum atomic E-state index is 13.1. The first-order chi connectivity index (χ1) is 18.0. The highest BCUT2D eigenvalue weighted by Crippen LogP contribution is 2.43. The maximum Gasteiger partial charge on any atom is 0.223 e. The zero-order chi connectivity index (χ0) is 27.1. The van der Waals surface area contributed by atoms with Gasteiger partial charge in [-0.3, -0.25) is 4.90 Å². The Balaban J connectivity index is 1.45. The van der Waals surface area contributed by atoms with Crippen LogP contribution in [-0.4, -0.2) is 52.3 Å². The van der Waals surface area contributed by atoms with Crippen LogP contribution in [0.1, 0.15) is 31.4 Å². The summed E-state index contributed by atoms with van der Waals surface area (Å²) in [5, 5.41) is 5.14. The van der Waals surface area contributed by atoms with Crippen LogP contribution in [0.3, 0.4) is 0 Å². The van der Waals surface area contributed by atoms with Gasteiger partial charge in [-0.2, -0.15) is 0 Å². The summed E-state index contributed by atoms with van der Waals surface area (Å²) < 4.78 is 13.1. The topological polar surface area (TPSA) is 78.3 Å². The van der Waals surface area contributed by atoms with Crippen LogP contribution < -0.4 is 10.6 Å². The Kier molecular flexibility index (Phi) is 6.90. The van der Waals surface area contributed by atoms with Crippen molar-refractivity contribution < 1.29 is 4.57 Å². The Morgan fingerprint density at radius 3 is 2.68 bits per heavy atom. The number of fused-ring (bicyclic) bond motifs is 1. The van der Waals surface area contributed by atoms with Crippen molar-refractivity contribution in [1.29, 1.82) is 0 Å². The number of aryl methyl sites for hydroxylation is 1. The van der Waals surface area contributed by atoms with E-state index in [2.05, 4.69) is 69.2 Å². The van der Waals surface area contributed by atoms with Crippen molar-refractivity contribution in [3.8, 4) is 11.3 Å². The number of hydrogen-bond acceptors (Lipinski definition) is 5. The molecule has 0 amide bonds. The van der Waals surface area contributed by atoms with Crippen molar-refractivity contribution in [2.24, 2.45) is 5.41 Å². The van der Waals surface area contributed by atoms with Crippen molar-refractivity contribution >= 4 is 35.0 Å². The van der Waals surface area contributed by atoms with Crippen molar-refractivity contribution in [3.05, 3.63) is 77.4 Å². The lowest BCUT2D eigenvalue weighted by Crippen LogP contribution is -2.49. The number of benzene rings is 2. The van der Waals surface area contributed by atoms with E-state index in [4.69, 9.17) is 11.6 Å². The van der Waals surface area contributed by atoms with E-state index < -0.39 is 7.14 Å². The minimum absolute atomic E-state index is 0.167. The van der Waals surface area contributed by atoms with Gasteiger partial charge in [0.25, 0.3) is 0 Å². The Morgan fingerprint density at radius 1 is 1.21 bits per heavy atom. The van der Waals surface area contributed by atoms with Gasteiger partial charge in [-0.25, -0.2) is 14.8 Å². The second-order valence-corrected chi connectivity index (χ2v) is 14.8. The average Bonchev–Trinajstić information content (AvgIpc) is 3.27. The monoisotopic (exact) mass is 526 g/mol. The van der Waals surface area contributed by atoms with E-state index in [0.717, 1.165) is 53.8 Å². The first kappa shape index (κ1) is 26.2. The molecule has 4 aromatic rings. The van der Waals surface area contributed by atoms with Crippen LogP contribution in [0.15, 0.2) is 54.9 Å². The van der Waals surface area contributed by atoms with E-state index in [1.807, 2.05) is 25.4 Å². The molecule has 7 nitrogen and oxygen atoms in total. The molecule has 8 heteroatoms. The van der Waals surface area contributed by atoms with Gasteiger partial charge in [-0.15, -0.1) is 0 Å². The number of rotatable bonds is 6. The summed E-state index contributed by atoms with van der Waals surface area (Å²) in [7, 11) is -2.68. The quantitative estimate of drug-likeness (QED) is 0.223. The lowest BCUT2D eigenvalue weighted by Gasteiger charge is -2.42. The summed E-state index contributed by atoms with van der Waals surface area (Å²) in [6.45, 7) is 20.5. The minimum atomic E-state index is -2.68. The second-order valence-electron chi connectivity index (χ2n) is 11.6. The molecule has 3 heterocycles. The zero-order valence-corrected chi connectivity index (χ0v) is 23.6. The van der Waals surface area contributed by atoms with Gasteiger partial charge >= 0.3 is 0 Å². The molecular formula is C30H35N6OP. The number of H-pyrrole nitrogens is 1. The summed E-state index contributed by atoms with van der Waals surface area (Å²) >= 11 is 0. The van der Waals surface area contributed by atoms with Gasteiger partial charge in [0.2, 0.25) is 5.95 Å². The van der Waals surface area contributed by atoms with Crippen LogP contribution in [0, 0.1) is 18.9 Å². The third-order valence-corrected chi connectivity index (χ3v) is 8.73. The maximum absolute atomic E-state index is 13.1. The molecule has 2 aromatic carbocycles. The number of hydrogen-bond donors (Lipinski definition) is 2. The van der Waals surface area contributed by atoms with Crippen LogP contribution in [0.25, 0.3) is 27.0 Å². The van der Waals surface area contributed by atoms with Gasteiger partial charge in [-0.05, 0) is 43.2 Å². The number of nitrogens with zero attached hydrogens (tertiary/aromatic N) is 4. The second kappa shape index (κ2) is 10.0. The van der Waals surface area contributed by atoms with Crippen molar-refractivity contribution in [2.75, 3.05) is 31.7 Å². The van der Waals surface area contributed by atoms with Crippen LogP contribution in [0.2, 0.25) is 0 Å². The van der Waals surface area contributed by atoms with E-state index in [1.54, 1.807) is 19.4 Å². The SMILES string of the molecule is [C-]#[N+]c1ccc2c(-c3nc(N[C@@H]4CN(Cc5ccccc5)CC(C)(C)C4)ncc3C)c[nH]c2c1P(C)(C)=O. The minimum Gasteiger partial charge on any atom is -0.361 e. The highest BCUT2D eigenvalue weighted by Gasteiger charge is 2.33. The summed E-state index contributed by atoms with van der Waals surface area (Å²) in [6.07, 6.45) is 4.79. The number of aromatic amines is 1. The summed E-state index contributed by atoms with van der Waals surface area (Å²) in [5.41, 5.74) is 5.37. The molecule has 2 aromatic heterocycles. The molecule has 0 aliphatic carbocycles. The van der Waals surface area contributed by atoms with Gasteiger partial charge in [0.1, 0.15) is 7.14 Å². The van der Waals surface area contributed by atoms with Gasteiger partial charge in [0, 0.05) is 59.8 Å². The van der Waals surface area contributed by atoms with E-state index in [9.17, 15) is 4.57 Å². The molecule has 1 atom stereocenters. The fourth-order valence-corrected chi connectivity index (χ4v) is 7.21. The Bertz CT molecular complexity index is 1560. The first-order valence-electron chi connectivity index (χ1n) is 13.0. The smallest absolute Gasteiger partial charge is 0.223 e. The lowest BCUT2D eigenvalue weighted by atomic mass is 9.81. The number of likely N-dealkylation sites (tertiary alicyclic amines) is 1. The number of anilines is 1. The molecule has 0 spiro atoms. The number of piperidine rings is 1. The van der Waals surface area contributed by atoms with Gasteiger partial charge in [0.15, 0.2) is 5.69 Å². The van der Waals surface area contributed by atoms with Crippen LogP contribution >= 0.6 is 7.14 Å². The predicted octanol–water partition coefficient (Wildman–Crippen LogP) is 6.44. The molecule has 5 rings (SSSR count). The van der Waals surface area contributed by atoms with Gasteiger partial charge in [-0.1, -0.05) is 56.3 Å². The molecule has 1 saturated heterocycles. The van der Waals surface area contributed by atoms with Crippen molar-refractivity contribution in [1.82, 2.24) is 19.9 Å². The fraction of sp³-hybridized carbons (Fsp3) is 0.367. The molecule has 0 radical (unpaired) electrons. The largest absolute Gasteiger partial charge is 0.361 e. The fourth-order valence-electron chi connectivity index (χ4n) is 5.81. The third-order valence-electron chi connectivity index (χ3n) is 7.20. The summed E-state index contributed by atoms with van der Waals surface area (Å²) in [5.74, 6) is 0.608. The molecular weight excluding hydrogens is 491 g/mol. The van der Waals surface area contributed by atoms with Crippen LogP contribution in [0.4, 0.5) is 11.6 Å². The molecule has 1 aliphatic heterocycles. The first-order valence-corrected chi connectivity index (χ1v) is 15.6. The normalized spacial score (nSPS) is 17.8. The van der Waals surface area contributed by atoms with E-state index >= 15 is 0 Å². The summed E-state index contributed by atoms with van der Waals surface area (Å²) in [6, 6.07) is 14.5. The van der Waals surface area contributed by atoms with Crippen molar-refractivity contribution in [2.45, 2.75) is 39.8 Å². The molecule has 0 saturated carbocycles. The van der Waals surface area contributed by atoms with Gasteiger partial charge in [0.05, 0.1) is 12.3 Å². The molecule has 196 valence electrons. The molecule has 1 aliphatic rings. The van der Waals surface area contributed by atoms with Crippen molar-refractivity contribution in [3.63, 3.8) is 0 Å². The Morgan fingerprint density at radius 2 is 1.97 bits per heavy atom. The summed E-state index contributed by atoms with van der Waals surface area (Å²) in [4.78, 5) is 19.0. The highest BCUT2D eigenvalue weighted by atomic mass is 31.2.